The molecule has 8 heteroatoms. The largest absolute Gasteiger partial charge is 0.411 e. The van der Waals surface area contributed by atoms with Gasteiger partial charge in [-0.05, 0) is 31.0 Å². The lowest BCUT2D eigenvalue weighted by atomic mass is 10.2. The van der Waals surface area contributed by atoms with Crippen molar-refractivity contribution in [1.82, 2.24) is 10.6 Å². The minimum atomic E-state index is -4.29. The van der Waals surface area contributed by atoms with Crippen molar-refractivity contribution in [2.75, 3.05) is 26.3 Å². The van der Waals surface area contributed by atoms with E-state index in [0.29, 0.717) is 32.0 Å². The van der Waals surface area contributed by atoms with E-state index in [1.807, 2.05) is 6.92 Å². The van der Waals surface area contributed by atoms with Gasteiger partial charge in [-0.1, -0.05) is 12.1 Å². The second-order valence-electron chi connectivity index (χ2n) is 4.77. The SMILES string of the molecule is CCNC(=NCc1ccc(F)cc1)NCCCOCC(F)(F)F. The van der Waals surface area contributed by atoms with Gasteiger partial charge in [0.05, 0.1) is 6.54 Å². The van der Waals surface area contributed by atoms with Gasteiger partial charge in [-0.2, -0.15) is 13.2 Å². The molecule has 0 spiro atoms. The first-order valence-electron chi connectivity index (χ1n) is 7.32. The summed E-state index contributed by atoms with van der Waals surface area (Å²) in [6.07, 6.45) is -3.87. The van der Waals surface area contributed by atoms with Gasteiger partial charge in [0.15, 0.2) is 5.96 Å². The van der Waals surface area contributed by atoms with Crippen LogP contribution in [-0.2, 0) is 11.3 Å². The average molecular weight is 335 g/mol. The summed E-state index contributed by atoms with van der Waals surface area (Å²) in [7, 11) is 0. The lowest BCUT2D eigenvalue weighted by Gasteiger charge is -2.12. The molecular formula is C15H21F4N3O. The molecule has 130 valence electrons. The molecule has 0 heterocycles. The smallest absolute Gasteiger partial charge is 0.372 e. The number of nitrogens with zero attached hydrogens (tertiary/aromatic N) is 1. The zero-order valence-corrected chi connectivity index (χ0v) is 12.9. The lowest BCUT2D eigenvalue weighted by molar-refractivity contribution is -0.173. The van der Waals surface area contributed by atoms with Crippen molar-refractivity contribution in [2.24, 2.45) is 4.99 Å². The van der Waals surface area contributed by atoms with Gasteiger partial charge < -0.3 is 15.4 Å². The summed E-state index contributed by atoms with van der Waals surface area (Å²) in [6, 6.07) is 6.02. The summed E-state index contributed by atoms with van der Waals surface area (Å²) in [5.74, 6) is 0.245. The van der Waals surface area contributed by atoms with Crippen LogP contribution in [0.2, 0.25) is 0 Å². The summed E-state index contributed by atoms with van der Waals surface area (Å²) in [6.45, 7) is 2.16. The molecule has 23 heavy (non-hydrogen) atoms. The summed E-state index contributed by atoms with van der Waals surface area (Å²) in [5.41, 5.74) is 0.858. The molecule has 1 aromatic rings. The van der Waals surface area contributed by atoms with Gasteiger partial charge in [0.1, 0.15) is 12.4 Å². The fourth-order valence-electron chi connectivity index (χ4n) is 1.67. The predicted octanol–water partition coefficient (Wildman–Crippen LogP) is 2.85. The first kappa shape index (κ1) is 19.2. The molecule has 0 unspecified atom stereocenters. The molecule has 2 N–H and O–H groups in total. The van der Waals surface area contributed by atoms with Crippen LogP contribution in [0.3, 0.4) is 0 Å². The van der Waals surface area contributed by atoms with E-state index in [0.717, 1.165) is 5.56 Å². The molecule has 0 atom stereocenters. The van der Waals surface area contributed by atoms with Gasteiger partial charge in [-0.15, -0.1) is 0 Å². The van der Waals surface area contributed by atoms with Crippen LogP contribution >= 0.6 is 0 Å². The van der Waals surface area contributed by atoms with E-state index in [4.69, 9.17) is 0 Å². The Labute approximate surface area is 132 Å². The zero-order valence-electron chi connectivity index (χ0n) is 12.9. The highest BCUT2D eigenvalue weighted by Crippen LogP contribution is 2.14. The number of hydrogen-bond donors (Lipinski definition) is 2. The van der Waals surface area contributed by atoms with Crippen LogP contribution in [0.1, 0.15) is 18.9 Å². The Hall–Kier alpha value is -1.83. The summed E-state index contributed by atoms with van der Waals surface area (Å²) < 4.78 is 53.0. The van der Waals surface area contributed by atoms with Crippen LogP contribution in [0.15, 0.2) is 29.3 Å². The van der Waals surface area contributed by atoms with Crippen LogP contribution in [0.25, 0.3) is 0 Å². The van der Waals surface area contributed by atoms with E-state index in [1.165, 1.54) is 12.1 Å². The lowest BCUT2D eigenvalue weighted by Crippen LogP contribution is -2.38. The van der Waals surface area contributed by atoms with Crippen molar-refractivity contribution in [1.29, 1.82) is 0 Å². The Morgan fingerprint density at radius 3 is 2.48 bits per heavy atom. The Morgan fingerprint density at radius 1 is 1.17 bits per heavy atom. The van der Waals surface area contributed by atoms with E-state index in [-0.39, 0.29) is 12.4 Å². The Morgan fingerprint density at radius 2 is 1.87 bits per heavy atom. The van der Waals surface area contributed by atoms with Crippen LogP contribution < -0.4 is 10.6 Å². The van der Waals surface area contributed by atoms with Gasteiger partial charge in [0.25, 0.3) is 0 Å². The first-order chi connectivity index (χ1) is 10.9. The third-order valence-corrected chi connectivity index (χ3v) is 2.70. The van der Waals surface area contributed by atoms with Crippen LogP contribution in [0, 0.1) is 5.82 Å². The van der Waals surface area contributed by atoms with Crippen LogP contribution in [-0.4, -0.2) is 38.4 Å². The normalized spacial score (nSPS) is 12.3. The van der Waals surface area contributed by atoms with Crippen LogP contribution in [0.4, 0.5) is 17.6 Å². The highest BCUT2D eigenvalue weighted by Gasteiger charge is 2.27. The number of rotatable bonds is 8. The second-order valence-corrected chi connectivity index (χ2v) is 4.77. The number of halogens is 4. The fraction of sp³-hybridized carbons (Fsp3) is 0.533. The van der Waals surface area contributed by atoms with Gasteiger partial charge in [-0.25, -0.2) is 9.38 Å². The van der Waals surface area contributed by atoms with Crippen molar-refractivity contribution in [3.05, 3.63) is 35.6 Å². The number of ether oxygens (including phenoxy) is 1. The molecule has 0 aliphatic rings. The van der Waals surface area contributed by atoms with E-state index in [9.17, 15) is 17.6 Å². The minimum Gasteiger partial charge on any atom is -0.372 e. The zero-order chi connectivity index (χ0) is 17.1. The number of aliphatic imine (C=N–C) groups is 1. The maximum Gasteiger partial charge on any atom is 0.411 e. The Balaban J connectivity index is 2.31. The first-order valence-corrected chi connectivity index (χ1v) is 7.32. The van der Waals surface area contributed by atoms with E-state index < -0.39 is 12.8 Å². The van der Waals surface area contributed by atoms with E-state index in [2.05, 4.69) is 20.4 Å². The molecule has 0 saturated heterocycles. The average Bonchev–Trinajstić information content (AvgIpc) is 2.48. The molecule has 0 saturated carbocycles. The molecule has 0 aromatic heterocycles. The number of benzene rings is 1. The highest BCUT2D eigenvalue weighted by molar-refractivity contribution is 5.79. The molecule has 1 aromatic carbocycles. The van der Waals surface area contributed by atoms with Crippen molar-refractivity contribution in [2.45, 2.75) is 26.1 Å². The summed E-state index contributed by atoms with van der Waals surface area (Å²) in [5, 5.41) is 6.03. The Kier molecular flexibility index (Phi) is 8.39. The second kappa shape index (κ2) is 10.0. The fourth-order valence-corrected chi connectivity index (χ4v) is 1.67. The topological polar surface area (TPSA) is 45.7 Å². The molecule has 0 aliphatic heterocycles. The van der Waals surface area contributed by atoms with Gasteiger partial charge >= 0.3 is 6.18 Å². The maximum atomic E-state index is 12.8. The van der Waals surface area contributed by atoms with Crippen LogP contribution in [0.5, 0.6) is 0 Å². The monoisotopic (exact) mass is 335 g/mol. The quantitative estimate of drug-likeness (QED) is 0.332. The molecule has 0 aliphatic carbocycles. The van der Waals surface area contributed by atoms with Crippen molar-refractivity contribution >= 4 is 5.96 Å². The number of alkyl halides is 3. The molecule has 0 bridgehead atoms. The molecule has 0 radical (unpaired) electrons. The maximum absolute atomic E-state index is 12.8. The van der Waals surface area contributed by atoms with Crippen molar-refractivity contribution < 1.29 is 22.3 Å². The molecule has 0 fully saturated rings. The van der Waals surface area contributed by atoms with Gasteiger partial charge in [0.2, 0.25) is 0 Å². The number of guanidine groups is 1. The van der Waals surface area contributed by atoms with E-state index >= 15 is 0 Å². The van der Waals surface area contributed by atoms with E-state index in [1.54, 1.807) is 12.1 Å². The summed E-state index contributed by atoms with van der Waals surface area (Å²) >= 11 is 0. The highest BCUT2D eigenvalue weighted by atomic mass is 19.4. The third kappa shape index (κ3) is 9.72. The standard InChI is InChI=1S/C15H21F4N3O/c1-2-20-14(21-8-3-9-23-11-15(17,18)19)22-10-12-4-6-13(16)7-5-12/h4-7H,2-3,8-11H2,1H3,(H2,20,21,22). The molecule has 1 rings (SSSR count). The molecule has 4 nitrogen and oxygen atoms in total. The van der Waals surface area contributed by atoms with Crippen molar-refractivity contribution in [3.63, 3.8) is 0 Å². The predicted molar refractivity (Wildman–Crippen MR) is 80.7 cm³/mol. The van der Waals surface area contributed by atoms with Crippen molar-refractivity contribution in [3.8, 4) is 0 Å². The molecule has 0 amide bonds. The minimum absolute atomic E-state index is 0.0177. The third-order valence-electron chi connectivity index (χ3n) is 2.70. The number of nitrogens with one attached hydrogen (secondary N) is 2. The molecular weight excluding hydrogens is 314 g/mol. The summed E-state index contributed by atoms with van der Waals surface area (Å²) in [4.78, 5) is 4.32. The van der Waals surface area contributed by atoms with Gasteiger partial charge in [-0.3, -0.25) is 0 Å². The van der Waals surface area contributed by atoms with Gasteiger partial charge in [0, 0.05) is 19.7 Å². The Bertz CT molecular complexity index is 475. The number of hydrogen-bond acceptors (Lipinski definition) is 2.